The minimum absolute atomic E-state index is 0.0350. The summed E-state index contributed by atoms with van der Waals surface area (Å²) in [6, 6.07) is 10.4. The number of carbonyl (C=O) groups is 2. The molecule has 3 N–H and O–H groups in total. The predicted octanol–water partition coefficient (Wildman–Crippen LogP) is 1.13. The van der Waals surface area contributed by atoms with Gasteiger partial charge in [0, 0.05) is 26.3 Å². The third-order valence-electron chi connectivity index (χ3n) is 4.52. The normalized spacial score (nSPS) is 13.0. The highest BCUT2D eigenvalue weighted by atomic mass is 16.2. The zero-order valence-electron chi connectivity index (χ0n) is 16.8. The lowest BCUT2D eigenvalue weighted by atomic mass is 10.2. The number of amides is 2. The molecule has 2 rings (SSSR count). The molecule has 8 nitrogen and oxygen atoms in total. The third-order valence-corrected chi connectivity index (χ3v) is 4.52. The molecule has 0 saturated heterocycles. The summed E-state index contributed by atoms with van der Waals surface area (Å²) in [4.78, 5) is 34.7. The first-order valence-corrected chi connectivity index (χ1v) is 9.27. The van der Waals surface area contributed by atoms with Gasteiger partial charge in [-0.05, 0) is 45.2 Å². The van der Waals surface area contributed by atoms with E-state index >= 15 is 0 Å². The van der Waals surface area contributed by atoms with Crippen LogP contribution in [0.3, 0.4) is 0 Å². The van der Waals surface area contributed by atoms with Gasteiger partial charge in [0.1, 0.15) is 5.82 Å². The van der Waals surface area contributed by atoms with Crippen molar-refractivity contribution in [1.82, 2.24) is 25.5 Å². The van der Waals surface area contributed by atoms with Crippen molar-refractivity contribution in [2.75, 3.05) is 32.5 Å². The van der Waals surface area contributed by atoms with Gasteiger partial charge in [-0.15, -0.1) is 0 Å². The Bertz CT molecular complexity index is 783. The summed E-state index contributed by atoms with van der Waals surface area (Å²) >= 11 is 0. The summed E-state index contributed by atoms with van der Waals surface area (Å²) in [5.41, 5.74) is 1.45. The Labute approximate surface area is 165 Å². The van der Waals surface area contributed by atoms with E-state index in [0.29, 0.717) is 24.6 Å². The first kappa shape index (κ1) is 21.5. The van der Waals surface area contributed by atoms with Gasteiger partial charge in [-0.1, -0.05) is 12.1 Å². The molecule has 150 valence electrons. The molecular weight excluding hydrogens is 356 g/mol. The first-order chi connectivity index (χ1) is 13.4. The molecule has 0 aromatic carbocycles. The number of nitrogens with zero attached hydrogens (tertiary/aromatic N) is 3. The van der Waals surface area contributed by atoms with E-state index in [0.717, 1.165) is 5.69 Å². The maximum absolute atomic E-state index is 12.4. The molecule has 0 spiro atoms. The van der Waals surface area contributed by atoms with Gasteiger partial charge >= 0.3 is 0 Å². The highest BCUT2D eigenvalue weighted by molar-refractivity contribution is 5.93. The van der Waals surface area contributed by atoms with Gasteiger partial charge in [0.05, 0.1) is 23.5 Å². The highest BCUT2D eigenvalue weighted by Crippen LogP contribution is 2.15. The lowest BCUT2D eigenvalue weighted by Gasteiger charge is -2.24. The van der Waals surface area contributed by atoms with Crippen LogP contribution >= 0.6 is 0 Å². The molecule has 0 bridgehead atoms. The van der Waals surface area contributed by atoms with Crippen LogP contribution in [-0.2, 0) is 9.59 Å². The number of carbonyl (C=O) groups excluding carboxylic acids is 2. The van der Waals surface area contributed by atoms with Crippen LogP contribution in [0.1, 0.15) is 13.8 Å². The monoisotopic (exact) mass is 384 g/mol. The van der Waals surface area contributed by atoms with Crippen molar-refractivity contribution in [3.8, 4) is 11.4 Å². The van der Waals surface area contributed by atoms with Gasteiger partial charge in [-0.2, -0.15) is 0 Å². The summed E-state index contributed by atoms with van der Waals surface area (Å²) in [5, 5.41) is 8.62. The van der Waals surface area contributed by atoms with E-state index in [9.17, 15) is 9.59 Å². The zero-order valence-corrected chi connectivity index (χ0v) is 16.8. The van der Waals surface area contributed by atoms with Crippen molar-refractivity contribution in [3.63, 3.8) is 0 Å². The van der Waals surface area contributed by atoms with Gasteiger partial charge in [0.15, 0.2) is 0 Å². The number of hydrogen-bond acceptors (Lipinski definition) is 6. The van der Waals surface area contributed by atoms with Crippen LogP contribution in [0, 0.1) is 0 Å². The van der Waals surface area contributed by atoms with E-state index in [4.69, 9.17) is 0 Å². The molecule has 2 aromatic heterocycles. The van der Waals surface area contributed by atoms with Gasteiger partial charge < -0.3 is 16.0 Å². The van der Waals surface area contributed by atoms with Crippen LogP contribution in [0.15, 0.2) is 42.6 Å². The maximum Gasteiger partial charge on any atom is 0.242 e. The molecule has 2 amide bonds. The number of likely N-dealkylation sites (N-methyl/N-ethyl adjacent to an activating group) is 2. The minimum Gasteiger partial charge on any atom is -0.358 e. The van der Waals surface area contributed by atoms with Gasteiger partial charge in [0.2, 0.25) is 11.8 Å². The third kappa shape index (κ3) is 6.11. The van der Waals surface area contributed by atoms with Gasteiger partial charge in [0.25, 0.3) is 0 Å². The number of anilines is 1. The molecule has 0 fully saturated rings. The van der Waals surface area contributed by atoms with Crippen molar-refractivity contribution in [2.45, 2.75) is 25.9 Å². The van der Waals surface area contributed by atoms with Gasteiger partial charge in [-0.25, -0.2) is 4.98 Å². The Kier molecular flexibility index (Phi) is 8.03. The summed E-state index contributed by atoms with van der Waals surface area (Å²) in [6.45, 7) is 4.85. The summed E-state index contributed by atoms with van der Waals surface area (Å²) in [6.07, 6.45) is 1.70. The summed E-state index contributed by atoms with van der Waals surface area (Å²) < 4.78 is 0. The Balaban J connectivity index is 1.85. The van der Waals surface area contributed by atoms with Crippen molar-refractivity contribution in [3.05, 3.63) is 42.6 Å². The largest absolute Gasteiger partial charge is 0.358 e. The van der Waals surface area contributed by atoms with Crippen LogP contribution in [0.25, 0.3) is 11.4 Å². The van der Waals surface area contributed by atoms with E-state index in [2.05, 4.69) is 25.9 Å². The topological polar surface area (TPSA) is 99.2 Å². The molecule has 0 saturated carbocycles. The molecule has 0 unspecified atom stereocenters. The fourth-order valence-electron chi connectivity index (χ4n) is 2.55. The average molecular weight is 384 g/mol. The predicted molar refractivity (Wildman–Crippen MR) is 110 cm³/mol. The molecule has 2 atom stereocenters. The van der Waals surface area contributed by atoms with Crippen molar-refractivity contribution in [2.24, 2.45) is 0 Å². The molecule has 0 aliphatic carbocycles. The second-order valence-corrected chi connectivity index (χ2v) is 6.56. The number of pyridine rings is 2. The number of hydrogen-bond donors (Lipinski definition) is 3. The number of nitrogens with one attached hydrogen (secondary N) is 3. The quantitative estimate of drug-likeness (QED) is 0.599. The van der Waals surface area contributed by atoms with Crippen LogP contribution in [0.2, 0.25) is 0 Å². The molecule has 28 heavy (non-hydrogen) atoms. The molecule has 0 aliphatic rings. The zero-order chi connectivity index (χ0) is 20.5. The van der Waals surface area contributed by atoms with E-state index in [1.54, 1.807) is 26.2 Å². The van der Waals surface area contributed by atoms with Crippen LogP contribution in [-0.4, -0.2) is 66.0 Å². The van der Waals surface area contributed by atoms with Crippen molar-refractivity contribution >= 4 is 17.6 Å². The smallest absolute Gasteiger partial charge is 0.242 e. The maximum atomic E-state index is 12.4. The standard InChI is InChI=1S/C20H28N6O2/c1-14(22-12-13-26(4)15(2)20(28)21-3)19(27)25-18-10-7-9-17(24-18)16-8-5-6-11-23-16/h5-11,14-15,22H,12-13H2,1-4H3,(H,21,28)(H,24,25,27)/t14-,15-/m0/s1. The van der Waals surface area contributed by atoms with E-state index in [1.165, 1.54) is 0 Å². The van der Waals surface area contributed by atoms with Crippen LogP contribution in [0.5, 0.6) is 0 Å². The average Bonchev–Trinajstić information content (AvgIpc) is 2.73. The SMILES string of the molecule is CNC(=O)[C@H](C)N(C)CCN[C@@H](C)C(=O)Nc1cccc(-c2ccccn2)n1. The summed E-state index contributed by atoms with van der Waals surface area (Å²) in [5.74, 6) is 0.270. The van der Waals surface area contributed by atoms with E-state index < -0.39 is 6.04 Å². The van der Waals surface area contributed by atoms with Crippen LogP contribution < -0.4 is 16.0 Å². The Morgan fingerprint density at radius 1 is 1.07 bits per heavy atom. The van der Waals surface area contributed by atoms with E-state index in [1.807, 2.05) is 49.2 Å². The summed E-state index contributed by atoms with van der Waals surface area (Å²) in [7, 11) is 3.49. The number of rotatable bonds is 9. The highest BCUT2D eigenvalue weighted by Gasteiger charge is 2.17. The fraction of sp³-hybridized carbons (Fsp3) is 0.400. The minimum atomic E-state index is -0.399. The lowest BCUT2D eigenvalue weighted by Crippen LogP contribution is -2.46. The first-order valence-electron chi connectivity index (χ1n) is 9.27. The molecule has 2 aromatic rings. The van der Waals surface area contributed by atoms with Crippen LogP contribution in [0.4, 0.5) is 5.82 Å². The van der Waals surface area contributed by atoms with Crippen molar-refractivity contribution < 1.29 is 9.59 Å². The Morgan fingerprint density at radius 3 is 2.50 bits per heavy atom. The number of aromatic nitrogens is 2. The second-order valence-electron chi connectivity index (χ2n) is 6.56. The molecular formula is C20H28N6O2. The van der Waals surface area contributed by atoms with E-state index in [-0.39, 0.29) is 17.9 Å². The Morgan fingerprint density at radius 2 is 1.82 bits per heavy atom. The second kappa shape index (κ2) is 10.5. The molecule has 2 heterocycles. The molecule has 8 heteroatoms. The van der Waals surface area contributed by atoms with Crippen molar-refractivity contribution in [1.29, 1.82) is 0 Å². The lowest BCUT2D eigenvalue weighted by molar-refractivity contribution is -0.125. The Hall–Kier alpha value is -2.84. The molecule has 0 radical (unpaired) electrons. The fourth-order valence-corrected chi connectivity index (χ4v) is 2.55. The van der Waals surface area contributed by atoms with Gasteiger partial charge in [-0.3, -0.25) is 19.5 Å². The molecule has 0 aliphatic heterocycles.